The van der Waals surface area contributed by atoms with Crippen molar-refractivity contribution in [1.82, 2.24) is 4.98 Å². The van der Waals surface area contributed by atoms with E-state index in [9.17, 15) is 4.79 Å². The Hall–Kier alpha value is -1.88. The SMILES string of the molecule is CO[C@H](C)C/C(=C\CCCC(=O)O)CCCCCc1ccc2c(n1)NCCC2. The maximum absolute atomic E-state index is 10.7. The molecule has 1 aliphatic rings. The van der Waals surface area contributed by atoms with Gasteiger partial charge in [0.15, 0.2) is 0 Å². The quantitative estimate of drug-likeness (QED) is 0.361. The number of allylic oxidation sites excluding steroid dienone is 1. The third-order valence-electron chi connectivity index (χ3n) is 5.36. The van der Waals surface area contributed by atoms with E-state index in [0.29, 0.717) is 6.42 Å². The van der Waals surface area contributed by atoms with Crippen LogP contribution in [0.3, 0.4) is 0 Å². The summed E-state index contributed by atoms with van der Waals surface area (Å²) in [5.74, 6) is 0.370. The Kier molecular flexibility index (Phi) is 10.0. The minimum Gasteiger partial charge on any atom is -0.481 e. The summed E-state index contributed by atoms with van der Waals surface area (Å²) in [5, 5.41) is 12.2. The third-order valence-corrected chi connectivity index (χ3v) is 5.36. The van der Waals surface area contributed by atoms with Crippen molar-refractivity contribution in [3.8, 4) is 0 Å². The monoisotopic (exact) mass is 388 g/mol. The summed E-state index contributed by atoms with van der Waals surface area (Å²) in [6, 6.07) is 4.41. The molecule has 0 unspecified atom stereocenters. The van der Waals surface area contributed by atoms with Gasteiger partial charge in [0.05, 0.1) is 6.10 Å². The fourth-order valence-corrected chi connectivity index (χ4v) is 3.64. The van der Waals surface area contributed by atoms with Gasteiger partial charge in [-0.05, 0) is 76.3 Å². The average Bonchev–Trinajstić information content (AvgIpc) is 2.70. The van der Waals surface area contributed by atoms with E-state index in [1.165, 1.54) is 29.7 Å². The summed E-state index contributed by atoms with van der Waals surface area (Å²) >= 11 is 0. The Balaban J connectivity index is 1.71. The molecule has 1 aromatic heterocycles. The predicted molar refractivity (Wildman–Crippen MR) is 114 cm³/mol. The average molecular weight is 389 g/mol. The lowest BCUT2D eigenvalue weighted by Gasteiger charge is -2.17. The number of rotatable bonds is 13. The number of aryl methyl sites for hydroxylation is 2. The molecule has 5 heteroatoms. The van der Waals surface area contributed by atoms with Gasteiger partial charge in [-0.1, -0.05) is 24.1 Å². The van der Waals surface area contributed by atoms with E-state index < -0.39 is 5.97 Å². The van der Waals surface area contributed by atoms with Gasteiger partial charge < -0.3 is 15.2 Å². The summed E-state index contributed by atoms with van der Waals surface area (Å²) in [6.07, 6.45) is 13.1. The van der Waals surface area contributed by atoms with Crippen molar-refractivity contribution in [3.05, 3.63) is 35.0 Å². The molecule has 0 saturated heterocycles. The van der Waals surface area contributed by atoms with Crippen LogP contribution in [0.5, 0.6) is 0 Å². The first-order chi connectivity index (χ1) is 13.6. The van der Waals surface area contributed by atoms with Crippen molar-refractivity contribution < 1.29 is 14.6 Å². The van der Waals surface area contributed by atoms with E-state index >= 15 is 0 Å². The molecule has 28 heavy (non-hydrogen) atoms. The number of anilines is 1. The maximum Gasteiger partial charge on any atom is 0.303 e. The molecule has 0 fully saturated rings. The molecule has 2 heterocycles. The molecule has 0 saturated carbocycles. The van der Waals surface area contributed by atoms with E-state index in [2.05, 4.69) is 30.4 Å². The van der Waals surface area contributed by atoms with Crippen LogP contribution < -0.4 is 5.32 Å². The number of carboxylic acids is 1. The summed E-state index contributed by atoms with van der Waals surface area (Å²) < 4.78 is 5.41. The molecule has 0 amide bonds. The second-order valence-electron chi connectivity index (χ2n) is 7.80. The number of hydrogen-bond acceptors (Lipinski definition) is 4. The number of fused-ring (bicyclic) bond motifs is 1. The normalized spacial score (nSPS) is 15.0. The van der Waals surface area contributed by atoms with Gasteiger partial charge in [0, 0.05) is 25.8 Å². The largest absolute Gasteiger partial charge is 0.481 e. The molecule has 1 aliphatic heterocycles. The van der Waals surface area contributed by atoms with Gasteiger partial charge in [-0.3, -0.25) is 4.79 Å². The number of nitrogens with zero attached hydrogens (tertiary/aromatic N) is 1. The van der Waals surface area contributed by atoms with E-state index in [-0.39, 0.29) is 12.5 Å². The number of pyridine rings is 1. The summed E-state index contributed by atoms with van der Waals surface area (Å²) in [5.41, 5.74) is 3.93. The number of carboxylic acid groups (broad SMARTS) is 1. The van der Waals surface area contributed by atoms with Crippen LogP contribution in [0, 0.1) is 0 Å². The van der Waals surface area contributed by atoms with Gasteiger partial charge in [0.2, 0.25) is 0 Å². The Morgan fingerprint density at radius 1 is 1.29 bits per heavy atom. The predicted octanol–water partition coefficient (Wildman–Crippen LogP) is 5.15. The lowest BCUT2D eigenvalue weighted by Crippen LogP contribution is -2.13. The fraction of sp³-hybridized carbons (Fsp3) is 0.652. The Labute approximate surface area is 169 Å². The third kappa shape index (κ3) is 8.42. The first kappa shape index (κ1) is 22.4. The van der Waals surface area contributed by atoms with Crippen molar-refractivity contribution in [1.29, 1.82) is 0 Å². The van der Waals surface area contributed by atoms with E-state index in [4.69, 9.17) is 14.8 Å². The highest BCUT2D eigenvalue weighted by Crippen LogP contribution is 2.21. The number of hydrogen-bond donors (Lipinski definition) is 2. The van der Waals surface area contributed by atoms with Crippen LogP contribution in [-0.2, 0) is 22.4 Å². The topological polar surface area (TPSA) is 71.5 Å². The van der Waals surface area contributed by atoms with Crippen molar-refractivity contribution in [2.75, 3.05) is 19.0 Å². The molecule has 0 radical (unpaired) electrons. The van der Waals surface area contributed by atoms with Gasteiger partial charge in [-0.2, -0.15) is 0 Å². The Bertz CT molecular complexity index is 643. The molecular formula is C23H36N2O3. The number of unbranched alkanes of at least 4 members (excludes halogenated alkanes) is 3. The Morgan fingerprint density at radius 3 is 2.93 bits per heavy atom. The summed E-state index contributed by atoms with van der Waals surface area (Å²) in [6.45, 7) is 3.12. The smallest absolute Gasteiger partial charge is 0.303 e. The summed E-state index contributed by atoms with van der Waals surface area (Å²) in [7, 11) is 1.74. The molecule has 2 rings (SSSR count). The van der Waals surface area contributed by atoms with E-state index in [1.807, 2.05) is 0 Å². The molecule has 0 spiro atoms. The molecule has 0 bridgehead atoms. The second-order valence-corrected chi connectivity index (χ2v) is 7.80. The van der Waals surface area contributed by atoms with E-state index in [1.54, 1.807) is 7.11 Å². The zero-order chi connectivity index (χ0) is 20.2. The van der Waals surface area contributed by atoms with Crippen molar-refractivity contribution >= 4 is 11.8 Å². The standard InChI is InChI=1S/C23H36N2O3/c1-18(28-2)17-19(10-6-7-13-22(26)27)9-4-3-5-12-21-15-14-20-11-8-16-24-23(20)25-21/h10,14-15,18H,3-9,11-13,16-17H2,1-2H3,(H,24,25)(H,26,27)/b19-10-/t18-/m1/s1. The molecule has 1 atom stereocenters. The lowest BCUT2D eigenvalue weighted by atomic mass is 9.99. The van der Waals surface area contributed by atoms with Gasteiger partial charge in [-0.25, -0.2) is 4.98 Å². The molecule has 156 valence electrons. The minimum absolute atomic E-state index is 0.206. The van der Waals surface area contributed by atoms with Crippen molar-refractivity contribution in [2.45, 2.75) is 83.7 Å². The molecule has 5 nitrogen and oxygen atoms in total. The number of aliphatic carboxylic acids is 1. The van der Waals surface area contributed by atoms with Crippen molar-refractivity contribution in [2.24, 2.45) is 0 Å². The molecule has 2 N–H and O–H groups in total. The molecule has 1 aromatic rings. The van der Waals surface area contributed by atoms with E-state index in [0.717, 1.165) is 57.3 Å². The van der Waals surface area contributed by atoms with Crippen LogP contribution in [0.15, 0.2) is 23.8 Å². The molecule has 0 aromatic carbocycles. The zero-order valence-electron chi connectivity index (χ0n) is 17.5. The number of methoxy groups -OCH3 is 1. The highest BCUT2D eigenvalue weighted by atomic mass is 16.5. The highest BCUT2D eigenvalue weighted by molar-refractivity contribution is 5.66. The number of ether oxygens (including phenoxy) is 1. The molecule has 0 aliphatic carbocycles. The van der Waals surface area contributed by atoms with Crippen LogP contribution in [0.1, 0.15) is 76.0 Å². The number of carbonyl (C=O) groups is 1. The van der Waals surface area contributed by atoms with Gasteiger partial charge in [-0.15, -0.1) is 0 Å². The first-order valence-corrected chi connectivity index (χ1v) is 10.7. The van der Waals surface area contributed by atoms with Gasteiger partial charge in [0.25, 0.3) is 0 Å². The second kappa shape index (κ2) is 12.6. The number of aromatic nitrogens is 1. The maximum atomic E-state index is 10.7. The number of nitrogens with one attached hydrogen (secondary N) is 1. The van der Waals surface area contributed by atoms with Crippen LogP contribution >= 0.6 is 0 Å². The Morgan fingerprint density at radius 2 is 2.14 bits per heavy atom. The first-order valence-electron chi connectivity index (χ1n) is 10.7. The minimum atomic E-state index is -0.716. The van der Waals surface area contributed by atoms with Crippen LogP contribution in [0.25, 0.3) is 0 Å². The van der Waals surface area contributed by atoms with Crippen LogP contribution in [0.4, 0.5) is 5.82 Å². The fourth-order valence-electron chi connectivity index (χ4n) is 3.64. The zero-order valence-corrected chi connectivity index (χ0v) is 17.5. The molecular weight excluding hydrogens is 352 g/mol. The van der Waals surface area contributed by atoms with Crippen molar-refractivity contribution in [3.63, 3.8) is 0 Å². The highest BCUT2D eigenvalue weighted by Gasteiger charge is 2.10. The summed E-state index contributed by atoms with van der Waals surface area (Å²) in [4.78, 5) is 15.4. The van der Waals surface area contributed by atoms with Gasteiger partial charge >= 0.3 is 5.97 Å². The van der Waals surface area contributed by atoms with Crippen LogP contribution in [-0.4, -0.2) is 35.8 Å². The lowest BCUT2D eigenvalue weighted by molar-refractivity contribution is -0.137. The van der Waals surface area contributed by atoms with Gasteiger partial charge in [0.1, 0.15) is 5.82 Å². The van der Waals surface area contributed by atoms with Crippen LogP contribution in [0.2, 0.25) is 0 Å².